The summed E-state index contributed by atoms with van der Waals surface area (Å²) in [5, 5.41) is 11.6. The van der Waals surface area contributed by atoms with Crippen molar-refractivity contribution < 1.29 is 9.84 Å². The fourth-order valence-electron chi connectivity index (χ4n) is 2.67. The van der Waals surface area contributed by atoms with Crippen molar-refractivity contribution in [1.29, 1.82) is 0 Å². The first kappa shape index (κ1) is 18.6. The third kappa shape index (κ3) is 4.20. The summed E-state index contributed by atoms with van der Waals surface area (Å²) in [7, 11) is 0. The smallest absolute Gasteiger partial charge is 0.201 e. The highest BCUT2D eigenvalue weighted by Gasteiger charge is 2.38. The SMILES string of the molecule is CCN(CC)CCOC(=S)C(O)(c1ccccc1)c1ccccc1. The van der Waals surface area contributed by atoms with Crippen LogP contribution in [0.2, 0.25) is 0 Å². The van der Waals surface area contributed by atoms with Gasteiger partial charge in [-0.1, -0.05) is 74.5 Å². The molecule has 0 saturated heterocycles. The van der Waals surface area contributed by atoms with E-state index in [0.29, 0.717) is 17.7 Å². The molecule has 0 saturated carbocycles. The monoisotopic (exact) mass is 343 g/mol. The van der Waals surface area contributed by atoms with E-state index in [1.807, 2.05) is 60.7 Å². The number of aliphatic hydroxyl groups is 1. The van der Waals surface area contributed by atoms with Crippen LogP contribution in [-0.2, 0) is 10.3 Å². The first-order valence-corrected chi connectivity index (χ1v) is 8.76. The van der Waals surface area contributed by atoms with Crippen LogP contribution in [0.15, 0.2) is 60.7 Å². The van der Waals surface area contributed by atoms with E-state index in [9.17, 15) is 5.11 Å². The average Bonchev–Trinajstić information content (AvgIpc) is 2.65. The van der Waals surface area contributed by atoms with Crippen molar-refractivity contribution in [1.82, 2.24) is 4.90 Å². The molecule has 0 fully saturated rings. The van der Waals surface area contributed by atoms with Gasteiger partial charge in [-0.15, -0.1) is 0 Å². The molecule has 0 aromatic heterocycles. The minimum absolute atomic E-state index is 0.187. The van der Waals surface area contributed by atoms with E-state index in [2.05, 4.69) is 18.7 Å². The lowest BCUT2D eigenvalue weighted by Crippen LogP contribution is -2.38. The second-order valence-corrected chi connectivity index (χ2v) is 5.98. The molecular weight excluding hydrogens is 318 g/mol. The lowest BCUT2D eigenvalue weighted by atomic mass is 9.87. The summed E-state index contributed by atoms with van der Waals surface area (Å²) >= 11 is 5.49. The number of likely N-dealkylation sites (N-methyl/N-ethyl adjacent to an activating group) is 1. The van der Waals surface area contributed by atoms with Crippen molar-refractivity contribution in [2.45, 2.75) is 19.4 Å². The lowest BCUT2D eigenvalue weighted by Gasteiger charge is -2.30. The van der Waals surface area contributed by atoms with Crippen LogP contribution in [0.25, 0.3) is 0 Å². The Morgan fingerprint density at radius 3 is 1.83 bits per heavy atom. The van der Waals surface area contributed by atoms with Crippen LogP contribution in [0.4, 0.5) is 0 Å². The summed E-state index contributed by atoms with van der Waals surface area (Å²) in [6, 6.07) is 18.9. The molecule has 4 heteroatoms. The first-order chi connectivity index (χ1) is 11.6. The Balaban J connectivity index is 2.22. The maximum absolute atomic E-state index is 11.4. The van der Waals surface area contributed by atoms with Crippen LogP contribution in [0.3, 0.4) is 0 Å². The normalized spacial score (nSPS) is 11.5. The van der Waals surface area contributed by atoms with E-state index in [1.54, 1.807) is 0 Å². The Kier molecular flexibility index (Phi) is 6.91. The van der Waals surface area contributed by atoms with Crippen LogP contribution in [0.5, 0.6) is 0 Å². The molecule has 3 nitrogen and oxygen atoms in total. The molecule has 0 radical (unpaired) electrons. The van der Waals surface area contributed by atoms with Crippen molar-refractivity contribution in [2.24, 2.45) is 0 Å². The summed E-state index contributed by atoms with van der Waals surface area (Å²) in [4.78, 5) is 2.26. The highest BCUT2D eigenvalue weighted by atomic mass is 32.1. The van der Waals surface area contributed by atoms with Crippen LogP contribution in [0.1, 0.15) is 25.0 Å². The van der Waals surface area contributed by atoms with E-state index in [1.165, 1.54) is 0 Å². The van der Waals surface area contributed by atoms with E-state index >= 15 is 0 Å². The van der Waals surface area contributed by atoms with Crippen LogP contribution >= 0.6 is 12.2 Å². The summed E-state index contributed by atoms with van der Waals surface area (Å²) in [6.45, 7) is 7.41. The predicted molar refractivity (Wildman–Crippen MR) is 102 cm³/mol. The van der Waals surface area contributed by atoms with Gasteiger partial charge in [-0.05, 0) is 36.4 Å². The lowest BCUT2D eigenvalue weighted by molar-refractivity contribution is 0.114. The van der Waals surface area contributed by atoms with Crippen molar-refractivity contribution in [3.63, 3.8) is 0 Å². The number of rotatable bonds is 8. The molecule has 1 N–H and O–H groups in total. The van der Waals surface area contributed by atoms with Gasteiger partial charge in [0.2, 0.25) is 5.05 Å². The van der Waals surface area contributed by atoms with Gasteiger partial charge >= 0.3 is 0 Å². The Morgan fingerprint density at radius 1 is 0.958 bits per heavy atom. The topological polar surface area (TPSA) is 32.7 Å². The molecule has 2 aromatic rings. The van der Waals surface area contributed by atoms with Crippen molar-refractivity contribution in [2.75, 3.05) is 26.2 Å². The molecule has 0 aliphatic carbocycles. The predicted octanol–water partition coefficient (Wildman–Crippen LogP) is 3.61. The zero-order chi connectivity index (χ0) is 17.4. The fraction of sp³-hybridized carbons (Fsp3) is 0.350. The zero-order valence-electron chi connectivity index (χ0n) is 14.3. The quantitative estimate of drug-likeness (QED) is 0.742. The summed E-state index contributed by atoms with van der Waals surface area (Å²) in [5.74, 6) is 0. The zero-order valence-corrected chi connectivity index (χ0v) is 15.1. The number of nitrogens with zero attached hydrogens (tertiary/aromatic N) is 1. The van der Waals surface area contributed by atoms with Crippen LogP contribution in [0, 0.1) is 0 Å². The largest absolute Gasteiger partial charge is 0.482 e. The van der Waals surface area contributed by atoms with E-state index in [0.717, 1.165) is 19.6 Å². The Morgan fingerprint density at radius 2 is 1.42 bits per heavy atom. The number of benzene rings is 2. The Bertz CT molecular complexity index is 587. The molecule has 0 spiro atoms. The highest BCUT2D eigenvalue weighted by molar-refractivity contribution is 7.80. The molecule has 2 aromatic carbocycles. The Hall–Kier alpha value is -1.75. The highest BCUT2D eigenvalue weighted by Crippen LogP contribution is 2.31. The van der Waals surface area contributed by atoms with Gasteiger partial charge in [0.05, 0.1) is 0 Å². The van der Waals surface area contributed by atoms with E-state index in [-0.39, 0.29) is 5.05 Å². The summed E-state index contributed by atoms with van der Waals surface area (Å²) in [6.07, 6.45) is 0. The molecule has 0 bridgehead atoms. The molecule has 24 heavy (non-hydrogen) atoms. The van der Waals surface area contributed by atoms with Crippen LogP contribution in [-0.4, -0.2) is 41.3 Å². The van der Waals surface area contributed by atoms with Crippen LogP contribution < -0.4 is 0 Å². The molecule has 0 aliphatic heterocycles. The molecule has 0 amide bonds. The van der Waals surface area contributed by atoms with Gasteiger partial charge < -0.3 is 14.7 Å². The van der Waals surface area contributed by atoms with Crippen molar-refractivity contribution in [3.05, 3.63) is 71.8 Å². The number of hydrogen-bond donors (Lipinski definition) is 1. The minimum atomic E-state index is -1.43. The van der Waals surface area contributed by atoms with Gasteiger partial charge in [0.1, 0.15) is 6.61 Å². The number of thiocarbonyl (C=S) groups is 1. The van der Waals surface area contributed by atoms with Gasteiger partial charge in [-0.25, -0.2) is 0 Å². The fourth-order valence-corrected chi connectivity index (χ4v) is 2.99. The molecule has 2 rings (SSSR count). The standard InChI is InChI=1S/C20H25NO2S/c1-3-21(4-2)15-16-23-19(24)20(22,17-11-7-5-8-12-17)18-13-9-6-10-14-18/h5-14,22H,3-4,15-16H2,1-2H3. The minimum Gasteiger partial charge on any atom is -0.482 e. The third-order valence-corrected chi connectivity index (χ3v) is 4.63. The maximum atomic E-state index is 11.4. The van der Waals surface area contributed by atoms with Gasteiger partial charge in [0, 0.05) is 6.54 Å². The maximum Gasteiger partial charge on any atom is 0.201 e. The van der Waals surface area contributed by atoms with E-state index in [4.69, 9.17) is 17.0 Å². The molecule has 0 aliphatic rings. The van der Waals surface area contributed by atoms with Gasteiger partial charge in [-0.2, -0.15) is 0 Å². The van der Waals surface area contributed by atoms with Gasteiger partial charge in [0.15, 0.2) is 5.60 Å². The Labute approximate surface area is 149 Å². The van der Waals surface area contributed by atoms with Gasteiger partial charge in [0.25, 0.3) is 0 Å². The molecular formula is C20H25NO2S. The average molecular weight is 343 g/mol. The summed E-state index contributed by atoms with van der Waals surface area (Å²) < 4.78 is 5.79. The van der Waals surface area contributed by atoms with Gasteiger partial charge in [-0.3, -0.25) is 0 Å². The third-order valence-electron chi connectivity index (χ3n) is 4.21. The number of ether oxygens (including phenoxy) is 1. The molecule has 0 atom stereocenters. The summed E-state index contributed by atoms with van der Waals surface area (Å²) in [5.41, 5.74) is -0.00531. The second kappa shape index (κ2) is 8.92. The van der Waals surface area contributed by atoms with E-state index < -0.39 is 5.60 Å². The van der Waals surface area contributed by atoms with Crippen molar-refractivity contribution in [3.8, 4) is 0 Å². The first-order valence-electron chi connectivity index (χ1n) is 8.35. The van der Waals surface area contributed by atoms with Crippen molar-refractivity contribution >= 4 is 17.3 Å². The molecule has 0 unspecified atom stereocenters. The molecule has 0 heterocycles. The second-order valence-electron chi connectivity index (χ2n) is 5.61. The molecule has 128 valence electrons. The number of hydrogen-bond acceptors (Lipinski definition) is 4.